The predicted molar refractivity (Wildman–Crippen MR) is 105 cm³/mol. The van der Waals surface area contributed by atoms with Gasteiger partial charge in [-0.2, -0.15) is 0 Å². The summed E-state index contributed by atoms with van der Waals surface area (Å²) in [5, 5.41) is 10.7. The van der Waals surface area contributed by atoms with Crippen molar-refractivity contribution < 1.29 is 45.4 Å². The van der Waals surface area contributed by atoms with Gasteiger partial charge in [-0.05, 0) is 73.8 Å². The van der Waals surface area contributed by atoms with Gasteiger partial charge >= 0.3 is 0 Å². The van der Waals surface area contributed by atoms with Gasteiger partial charge in [-0.25, -0.2) is 0 Å². The van der Waals surface area contributed by atoms with Crippen LogP contribution in [0.2, 0.25) is 0 Å². The first kappa shape index (κ1) is 6.45. The van der Waals surface area contributed by atoms with Crippen molar-refractivity contribution in [3.63, 3.8) is 0 Å². The van der Waals surface area contributed by atoms with Crippen molar-refractivity contribution in [2.45, 2.75) is 45.5 Å². The van der Waals surface area contributed by atoms with E-state index in [1.54, 1.807) is 0 Å². The average molecular weight is 378 g/mol. The molecule has 1 N–H and O–H groups in total. The summed E-state index contributed by atoms with van der Waals surface area (Å²) < 4.78 is 165. The second-order valence-corrected chi connectivity index (χ2v) is 4.96. The largest absolute Gasteiger partial charge is 0.493 e. The minimum absolute atomic E-state index is 0.232. The van der Waals surface area contributed by atoms with Crippen LogP contribution in [0.15, 0.2) is 36.3 Å². The molecule has 26 heavy (non-hydrogen) atoms. The van der Waals surface area contributed by atoms with Crippen molar-refractivity contribution in [2.24, 2.45) is 0 Å². The molecule has 0 saturated carbocycles. The number of methoxy groups -OCH3 is 2. The first-order chi connectivity index (χ1) is 19.9. The van der Waals surface area contributed by atoms with Crippen LogP contribution in [0.25, 0.3) is 0 Å². The molecule has 2 aromatic rings. The highest BCUT2D eigenvalue weighted by Crippen LogP contribution is 2.28. The zero-order chi connectivity index (χ0) is 35.5. The molecule has 0 bridgehead atoms. The van der Waals surface area contributed by atoms with Gasteiger partial charge in [0.05, 0.1) is 38.0 Å². The van der Waals surface area contributed by atoms with Crippen LogP contribution in [-0.2, 0) is 6.37 Å². The van der Waals surface area contributed by atoms with Crippen LogP contribution in [0.1, 0.15) is 61.9 Å². The van der Waals surface area contributed by atoms with Crippen LogP contribution < -0.4 is 14.2 Å². The first-order valence-electron chi connectivity index (χ1n) is 16.8. The third kappa shape index (κ3) is 5.95. The van der Waals surface area contributed by atoms with Crippen LogP contribution in [0.4, 0.5) is 0 Å². The van der Waals surface area contributed by atoms with E-state index in [2.05, 4.69) is 9.47 Å². The summed E-state index contributed by atoms with van der Waals surface area (Å²) in [4.78, 5) is 0. The van der Waals surface area contributed by atoms with Gasteiger partial charge in [0.2, 0.25) is 0 Å². The average Bonchev–Trinajstić information content (AvgIpc) is 2.84. The fourth-order valence-corrected chi connectivity index (χ4v) is 1.67. The molecule has 4 nitrogen and oxygen atoms in total. The van der Waals surface area contributed by atoms with Gasteiger partial charge in [0.15, 0.2) is 11.5 Å². The number of benzene rings is 2. The maximum Gasteiger partial charge on any atom is 0.160 e. The van der Waals surface area contributed by atoms with Crippen molar-refractivity contribution in [2.75, 3.05) is 20.7 Å². The van der Waals surface area contributed by atoms with E-state index in [-0.39, 0.29) is 23.2 Å². The van der Waals surface area contributed by atoms with Crippen molar-refractivity contribution in [1.82, 2.24) is 0 Å². The Morgan fingerprint density at radius 2 is 1.92 bits per heavy atom. The molecule has 1 unspecified atom stereocenters. The molecule has 0 radical (unpaired) electrons. The van der Waals surface area contributed by atoms with Crippen molar-refractivity contribution in [3.8, 4) is 17.2 Å². The van der Waals surface area contributed by atoms with E-state index in [0.717, 1.165) is 0 Å². The fraction of sp³-hybridized carbons (Fsp3) is 0.455. The molecule has 0 heterocycles. The Morgan fingerprint density at radius 3 is 2.73 bits per heavy atom. The van der Waals surface area contributed by atoms with Crippen LogP contribution >= 0.6 is 0 Å². The van der Waals surface area contributed by atoms with Gasteiger partial charge in [0.1, 0.15) is 12.4 Å². The van der Waals surface area contributed by atoms with Gasteiger partial charge in [-0.3, -0.25) is 0 Å². The normalized spacial score (nSPS) is 26.3. The van der Waals surface area contributed by atoms with Crippen LogP contribution in [0.5, 0.6) is 17.2 Å². The molecule has 0 aromatic heterocycles. The number of aliphatic hydroxyl groups is 1. The van der Waals surface area contributed by atoms with Crippen LogP contribution in [-0.4, -0.2) is 31.9 Å². The first-order valence-corrected chi connectivity index (χ1v) is 7.34. The summed E-state index contributed by atoms with van der Waals surface area (Å²) in [5.41, 5.74) is -0.825. The third-order valence-electron chi connectivity index (χ3n) is 3.12. The summed E-state index contributed by atoms with van der Waals surface area (Å²) >= 11 is 0. The van der Waals surface area contributed by atoms with E-state index in [9.17, 15) is 5.11 Å². The molecular formula is C22H30O4. The number of hydrogen-bond acceptors (Lipinski definition) is 4. The number of hydrogen-bond donors (Lipinski definition) is 1. The molecule has 2 aromatic carbocycles. The molecule has 0 aliphatic carbocycles. The maximum absolute atomic E-state index is 10.7. The molecule has 0 aliphatic heterocycles. The Labute approximate surface area is 183 Å². The standard InChI is InChI=1S/C22H30O4/c1-16-9-11-20(13-17(16)2)26-15-19(23)8-6-5-7-18-10-12-21(24-3)22(14-18)25-4/h9-14,19,23H,5-8,15H2,1-4H3/i3D3,4D3,5D2,7D2,8D2,9D,10D,11D,12D,13D,14D,19D. The highest BCUT2D eigenvalue weighted by Gasteiger charge is 2.07. The lowest BCUT2D eigenvalue weighted by atomic mass is 10.0. The van der Waals surface area contributed by atoms with Gasteiger partial charge < -0.3 is 19.3 Å². The molecule has 0 saturated heterocycles. The quantitative estimate of drug-likeness (QED) is 0.663. The second kappa shape index (κ2) is 10.1. The van der Waals surface area contributed by atoms with Crippen LogP contribution in [0, 0.1) is 13.8 Å². The molecule has 4 heteroatoms. The smallest absolute Gasteiger partial charge is 0.160 e. The van der Waals surface area contributed by atoms with Gasteiger partial charge in [0, 0.05) is 8.22 Å². The van der Waals surface area contributed by atoms with E-state index >= 15 is 0 Å². The predicted octanol–water partition coefficient (Wildman–Crippen LogP) is 4.47. The van der Waals surface area contributed by atoms with Gasteiger partial charge in [-0.1, -0.05) is 18.5 Å². The zero-order valence-electron chi connectivity index (χ0n) is 33.1. The van der Waals surface area contributed by atoms with Crippen molar-refractivity contribution >= 4 is 0 Å². The Kier molecular flexibility index (Phi) is 2.50. The molecule has 0 spiro atoms. The molecule has 0 amide bonds. The topological polar surface area (TPSA) is 47.9 Å². The molecule has 0 aliphatic rings. The van der Waals surface area contributed by atoms with Crippen LogP contribution in [0.3, 0.4) is 0 Å². The Morgan fingerprint density at radius 1 is 1.12 bits per heavy atom. The monoisotopic (exact) mass is 377 g/mol. The summed E-state index contributed by atoms with van der Waals surface area (Å²) in [6.07, 6.45) is -15.7. The van der Waals surface area contributed by atoms with E-state index in [1.165, 1.54) is 13.8 Å². The molecule has 142 valence electrons. The minimum Gasteiger partial charge on any atom is -0.493 e. The Hall–Kier alpha value is -2.20. The van der Waals surface area contributed by atoms with E-state index in [1.807, 2.05) is 0 Å². The lowest BCUT2D eigenvalue weighted by Gasteiger charge is -2.13. The second-order valence-electron chi connectivity index (χ2n) is 4.96. The molecule has 0 fully saturated rings. The Bertz CT molecular complexity index is 1420. The van der Waals surface area contributed by atoms with E-state index in [0.29, 0.717) is 0 Å². The molecular weight excluding hydrogens is 328 g/mol. The summed E-state index contributed by atoms with van der Waals surface area (Å²) in [6, 6.07) is -5.30. The fourth-order valence-electron chi connectivity index (χ4n) is 1.67. The summed E-state index contributed by atoms with van der Waals surface area (Å²) in [5.74, 6) is -3.13. The van der Waals surface area contributed by atoms with E-state index < -0.39 is 99.3 Å². The zero-order valence-corrected chi connectivity index (χ0v) is 14.1. The minimum atomic E-state index is -3.66. The number of ether oxygens (including phenoxy) is 3. The van der Waals surface area contributed by atoms with Crippen molar-refractivity contribution in [1.29, 1.82) is 0 Å². The van der Waals surface area contributed by atoms with Gasteiger partial charge in [-0.15, -0.1) is 0 Å². The highest BCUT2D eigenvalue weighted by atomic mass is 16.5. The molecule has 2 rings (SSSR count). The van der Waals surface area contributed by atoms with Gasteiger partial charge in [0.25, 0.3) is 0 Å². The maximum atomic E-state index is 10.7. The summed E-state index contributed by atoms with van der Waals surface area (Å²) in [7, 11) is -6.77. The molecule has 1 atom stereocenters. The number of rotatable bonds is 10. The lowest BCUT2D eigenvalue weighted by molar-refractivity contribution is 0.0976. The SMILES string of the molecule is [2H]c1c([2H])c(OCC([2H])(O)C([2H])([2H])CC([2H])([2H])C([2H])([2H])c2c([2H])c([2H])c(OC([2H])([2H])[2H])c(OC([2H])([2H])[2H])c2[2H])c([2H])c(C)c1C. The van der Waals surface area contributed by atoms with E-state index in [4.69, 9.17) is 30.8 Å². The summed E-state index contributed by atoms with van der Waals surface area (Å²) in [6.45, 7) is 1.61. The third-order valence-corrected chi connectivity index (χ3v) is 3.12. The highest BCUT2D eigenvalue weighted by molar-refractivity contribution is 5.42. The Balaban J connectivity index is 2.59. The lowest BCUT2D eigenvalue weighted by Crippen LogP contribution is -2.17. The van der Waals surface area contributed by atoms with Crippen molar-refractivity contribution in [3.05, 3.63) is 52.9 Å².